The quantitative estimate of drug-likeness (QED) is 0.924. The number of aliphatic hydroxyl groups is 1. The van der Waals surface area contributed by atoms with E-state index >= 15 is 0 Å². The van der Waals surface area contributed by atoms with Gasteiger partial charge in [-0.15, -0.1) is 11.3 Å². The summed E-state index contributed by atoms with van der Waals surface area (Å²) in [7, 11) is 0. The van der Waals surface area contributed by atoms with Crippen LogP contribution in [-0.2, 0) is 0 Å². The SMILES string of the molecule is Cc1csc2cccc(C3=C(CO)SC4=NCCN43)c12. The number of thiophene rings is 1. The molecule has 4 rings (SSSR count). The molecule has 2 aromatic rings. The van der Waals surface area contributed by atoms with Crippen molar-refractivity contribution in [3.63, 3.8) is 0 Å². The number of aryl methyl sites for hydroxylation is 1. The van der Waals surface area contributed by atoms with Crippen LogP contribution < -0.4 is 0 Å². The molecule has 2 aliphatic heterocycles. The van der Waals surface area contributed by atoms with Crippen molar-refractivity contribution < 1.29 is 5.11 Å². The van der Waals surface area contributed by atoms with Crippen molar-refractivity contribution in [3.05, 3.63) is 39.6 Å². The van der Waals surface area contributed by atoms with Gasteiger partial charge in [-0.3, -0.25) is 4.99 Å². The molecular weight excluding hydrogens is 288 g/mol. The maximum absolute atomic E-state index is 9.69. The Balaban J connectivity index is 1.98. The number of nitrogens with zero attached hydrogens (tertiary/aromatic N) is 2. The van der Waals surface area contributed by atoms with E-state index in [0.29, 0.717) is 0 Å². The van der Waals surface area contributed by atoms with Gasteiger partial charge in [0, 0.05) is 27.1 Å². The minimum absolute atomic E-state index is 0.0785. The average molecular weight is 302 g/mol. The lowest BCUT2D eigenvalue weighted by Crippen LogP contribution is -2.20. The summed E-state index contributed by atoms with van der Waals surface area (Å²) in [5, 5.41) is 14.2. The average Bonchev–Trinajstić information content (AvgIpc) is 3.12. The standard InChI is InChI=1S/C15H14N2OS2/c1-9-8-19-11-4-2-3-10(13(9)11)14-12(7-18)20-15-16-5-6-17(14)15/h2-4,8,18H,5-7H2,1H3. The molecule has 20 heavy (non-hydrogen) atoms. The number of aliphatic imine (C=N–C) groups is 1. The first-order valence-corrected chi connectivity index (χ1v) is 8.30. The second-order valence-electron chi connectivity index (χ2n) is 4.95. The molecule has 0 saturated heterocycles. The summed E-state index contributed by atoms with van der Waals surface area (Å²) in [6, 6.07) is 6.43. The second kappa shape index (κ2) is 4.62. The van der Waals surface area contributed by atoms with Crippen molar-refractivity contribution in [1.29, 1.82) is 0 Å². The fraction of sp³-hybridized carbons (Fsp3) is 0.267. The van der Waals surface area contributed by atoms with Crippen LogP contribution in [0.1, 0.15) is 11.1 Å². The zero-order chi connectivity index (χ0) is 13.7. The van der Waals surface area contributed by atoms with Crippen molar-refractivity contribution in [2.75, 3.05) is 19.7 Å². The van der Waals surface area contributed by atoms with Crippen LogP contribution in [0.15, 0.2) is 33.5 Å². The van der Waals surface area contributed by atoms with Gasteiger partial charge in [0.2, 0.25) is 0 Å². The largest absolute Gasteiger partial charge is 0.391 e. The fourth-order valence-electron chi connectivity index (χ4n) is 2.88. The topological polar surface area (TPSA) is 35.8 Å². The van der Waals surface area contributed by atoms with Crippen LogP contribution in [-0.4, -0.2) is 34.9 Å². The van der Waals surface area contributed by atoms with Gasteiger partial charge < -0.3 is 10.0 Å². The predicted octanol–water partition coefficient (Wildman–Crippen LogP) is 3.29. The Bertz CT molecular complexity index is 760. The van der Waals surface area contributed by atoms with Gasteiger partial charge in [-0.25, -0.2) is 0 Å². The molecule has 3 nitrogen and oxygen atoms in total. The molecule has 5 heteroatoms. The predicted molar refractivity (Wildman–Crippen MR) is 87.2 cm³/mol. The fourth-order valence-corrected chi connectivity index (χ4v) is 4.90. The molecule has 0 atom stereocenters. The molecule has 1 aromatic heterocycles. The highest BCUT2D eigenvalue weighted by Crippen LogP contribution is 2.44. The van der Waals surface area contributed by atoms with Crippen LogP contribution in [0.25, 0.3) is 15.8 Å². The van der Waals surface area contributed by atoms with E-state index in [2.05, 4.69) is 40.4 Å². The Morgan fingerprint density at radius 2 is 2.30 bits per heavy atom. The lowest BCUT2D eigenvalue weighted by molar-refractivity contribution is 0.339. The van der Waals surface area contributed by atoms with Crippen LogP contribution in [0.4, 0.5) is 0 Å². The first-order valence-electron chi connectivity index (χ1n) is 6.60. The van der Waals surface area contributed by atoms with Crippen molar-refractivity contribution in [1.82, 2.24) is 4.90 Å². The van der Waals surface area contributed by atoms with E-state index in [1.807, 2.05) is 0 Å². The summed E-state index contributed by atoms with van der Waals surface area (Å²) in [6.07, 6.45) is 0. The number of rotatable bonds is 2. The third kappa shape index (κ3) is 1.67. The third-order valence-corrected chi connectivity index (χ3v) is 5.90. The number of hydrogen-bond donors (Lipinski definition) is 1. The summed E-state index contributed by atoms with van der Waals surface area (Å²) in [5.74, 6) is 0. The summed E-state index contributed by atoms with van der Waals surface area (Å²) < 4.78 is 1.30. The molecule has 1 aromatic carbocycles. The van der Waals surface area contributed by atoms with Gasteiger partial charge in [0.15, 0.2) is 5.17 Å². The monoisotopic (exact) mass is 302 g/mol. The van der Waals surface area contributed by atoms with Crippen molar-refractivity contribution in [3.8, 4) is 0 Å². The molecule has 0 amide bonds. The van der Waals surface area contributed by atoms with Gasteiger partial charge in [0.25, 0.3) is 0 Å². The summed E-state index contributed by atoms with van der Waals surface area (Å²) in [6.45, 7) is 4.00. The van der Waals surface area contributed by atoms with E-state index in [9.17, 15) is 5.11 Å². The van der Waals surface area contributed by atoms with E-state index < -0.39 is 0 Å². The Hall–Kier alpha value is -1.30. The molecule has 0 unspecified atom stereocenters. The molecule has 1 N–H and O–H groups in total. The maximum atomic E-state index is 9.69. The molecule has 0 bridgehead atoms. The lowest BCUT2D eigenvalue weighted by Gasteiger charge is -2.18. The Morgan fingerprint density at radius 1 is 1.40 bits per heavy atom. The molecule has 3 heterocycles. The summed E-state index contributed by atoms with van der Waals surface area (Å²) >= 11 is 3.39. The highest BCUT2D eigenvalue weighted by Gasteiger charge is 2.33. The van der Waals surface area contributed by atoms with Gasteiger partial charge >= 0.3 is 0 Å². The molecule has 0 fully saturated rings. The van der Waals surface area contributed by atoms with Crippen LogP contribution in [0.5, 0.6) is 0 Å². The molecular formula is C15H14N2OS2. The molecule has 2 aliphatic rings. The number of hydrogen-bond acceptors (Lipinski definition) is 5. The van der Waals surface area contributed by atoms with E-state index in [0.717, 1.165) is 28.9 Å². The van der Waals surface area contributed by atoms with E-state index in [1.165, 1.54) is 21.2 Å². The minimum Gasteiger partial charge on any atom is -0.391 e. The number of thioether (sulfide) groups is 1. The number of benzene rings is 1. The van der Waals surface area contributed by atoms with E-state index in [1.54, 1.807) is 23.1 Å². The van der Waals surface area contributed by atoms with Crippen molar-refractivity contribution in [2.24, 2.45) is 4.99 Å². The highest BCUT2D eigenvalue weighted by atomic mass is 32.2. The minimum atomic E-state index is 0.0785. The number of aliphatic hydroxyl groups excluding tert-OH is 1. The van der Waals surface area contributed by atoms with Gasteiger partial charge in [-0.05, 0) is 23.9 Å². The second-order valence-corrected chi connectivity index (χ2v) is 6.92. The molecule has 0 saturated carbocycles. The Kier molecular flexibility index (Phi) is 2.87. The van der Waals surface area contributed by atoms with Crippen molar-refractivity contribution >= 4 is 44.0 Å². The van der Waals surface area contributed by atoms with Gasteiger partial charge in [-0.2, -0.15) is 0 Å². The van der Waals surface area contributed by atoms with Gasteiger partial charge in [0.05, 0.1) is 18.8 Å². The number of fused-ring (bicyclic) bond motifs is 2. The summed E-state index contributed by atoms with van der Waals surface area (Å²) in [5.41, 5.74) is 3.69. The van der Waals surface area contributed by atoms with Crippen LogP contribution >= 0.6 is 23.1 Å². The first kappa shape index (κ1) is 12.4. The summed E-state index contributed by atoms with van der Waals surface area (Å²) in [4.78, 5) is 7.78. The normalized spacial score (nSPS) is 18.1. The Labute approximate surface area is 125 Å². The first-order chi connectivity index (χ1) is 9.79. The smallest absolute Gasteiger partial charge is 0.168 e. The molecule has 102 valence electrons. The number of amidine groups is 1. The van der Waals surface area contributed by atoms with Gasteiger partial charge in [-0.1, -0.05) is 23.9 Å². The zero-order valence-electron chi connectivity index (χ0n) is 11.1. The molecule has 0 radical (unpaired) electrons. The third-order valence-electron chi connectivity index (χ3n) is 3.73. The molecule has 0 spiro atoms. The lowest BCUT2D eigenvalue weighted by atomic mass is 10.0. The van der Waals surface area contributed by atoms with Crippen LogP contribution in [0.3, 0.4) is 0 Å². The van der Waals surface area contributed by atoms with E-state index in [4.69, 9.17) is 0 Å². The van der Waals surface area contributed by atoms with Crippen LogP contribution in [0, 0.1) is 6.92 Å². The van der Waals surface area contributed by atoms with E-state index in [-0.39, 0.29) is 6.61 Å². The highest BCUT2D eigenvalue weighted by molar-refractivity contribution is 8.17. The molecule has 0 aliphatic carbocycles. The Morgan fingerprint density at radius 3 is 3.15 bits per heavy atom. The van der Waals surface area contributed by atoms with Crippen LogP contribution in [0.2, 0.25) is 0 Å². The maximum Gasteiger partial charge on any atom is 0.168 e. The van der Waals surface area contributed by atoms with Gasteiger partial charge in [0.1, 0.15) is 0 Å². The van der Waals surface area contributed by atoms with Crippen molar-refractivity contribution in [2.45, 2.75) is 6.92 Å². The zero-order valence-corrected chi connectivity index (χ0v) is 12.7.